The molecule has 0 radical (unpaired) electrons. The van der Waals surface area contributed by atoms with E-state index in [2.05, 4.69) is 5.32 Å². The minimum absolute atomic E-state index is 0.202. The third-order valence-corrected chi connectivity index (χ3v) is 2.13. The molecule has 0 bridgehead atoms. The second-order valence-corrected chi connectivity index (χ2v) is 3.54. The molecule has 1 rings (SSSR count). The Labute approximate surface area is 103 Å². The number of rotatable bonds is 5. The summed E-state index contributed by atoms with van der Waals surface area (Å²) in [6.07, 6.45) is 2.14. The number of hydrogen-bond donors (Lipinski definition) is 4. The number of nitrogens with one attached hydrogen (secondary N) is 1. The number of carbonyl (C=O) groups is 2. The van der Waals surface area contributed by atoms with Gasteiger partial charge in [-0.05, 0) is 24.1 Å². The van der Waals surface area contributed by atoms with Gasteiger partial charge in [-0.15, -0.1) is 0 Å². The van der Waals surface area contributed by atoms with Crippen LogP contribution in [0.4, 0.5) is 0 Å². The lowest BCUT2D eigenvalue weighted by Crippen LogP contribution is -2.23. The van der Waals surface area contributed by atoms with Crippen molar-refractivity contribution >= 4 is 11.9 Å². The van der Waals surface area contributed by atoms with Crippen LogP contribution in [0.15, 0.2) is 30.4 Å². The maximum atomic E-state index is 11.1. The van der Waals surface area contributed by atoms with Crippen LogP contribution in [-0.4, -0.2) is 33.7 Å². The third kappa shape index (κ3) is 4.56. The molecule has 18 heavy (non-hydrogen) atoms. The molecule has 0 aliphatic heterocycles. The van der Waals surface area contributed by atoms with Crippen LogP contribution in [0.5, 0.6) is 11.5 Å². The molecule has 0 spiro atoms. The van der Waals surface area contributed by atoms with Gasteiger partial charge in [0.25, 0.3) is 0 Å². The van der Waals surface area contributed by atoms with Gasteiger partial charge in [-0.3, -0.25) is 4.79 Å². The summed E-state index contributed by atoms with van der Waals surface area (Å²) in [6.45, 7) is 0.299. The summed E-state index contributed by atoms with van der Waals surface area (Å²) >= 11 is 0. The van der Waals surface area contributed by atoms with Crippen LogP contribution in [0.2, 0.25) is 0 Å². The summed E-state index contributed by atoms with van der Waals surface area (Å²) in [7, 11) is 0. The van der Waals surface area contributed by atoms with Gasteiger partial charge >= 0.3 is 5.97 Å². The van der Waals surface area contributed by atoms with Crippen molar-refractivity contribution in [2.75, 3.05) is 6.54 Å². The minimum atomic E-state index is -1.19. The largest absolute Gasteiger partial charge is 0.504 e. The van der Waals surface area contributed by atoms with Gasteiger partial charge in [0.2, 0.25) is 5.91 Å². The molecule has 1 amide bonds. The van der Waals surface area contributed by atoms with Crippen LogP contribution < -0.4 is 5.32 Å². The number of carboxylic acids is 1. The fourth-order valence-electron chi connectivity index (χ4n) is 1.26. The number of phenols is 2. The smallest absolute Gasteiger partial charge is 0.328 e. The van der Waals surface area contributed by atoms with E-state index in [1.165, 1.54) is 12.1 Å². The van der Waals surface area contributed by atoms with Crippen LogP contribution in [-0.2, 0) is 16.0 Å². The summed E-state index contributed by atoms with van der Waals surface area (Å²) in [5, 5.41) is 29.1. The molecule has 0 heterocycles. The Kier molecular flexibility index (Phi) is 4.74. The second kappa shape index (κ2) is 6.29. The highest BCUT2D eigenvalue weighted by Gasteiger charge is 2.01. The van der Waals surface area contributed by atoms with Gasteiger partial charge in [0, 0.05) is 18.7 Å². The number of aliphatic carboxylic acids is 1. The first-order valence-corrected chi connectivity index (χ1v) is 5.18. The number of benzene rings is 1. The van der Waals surface area contributed by atoms with Crippen molar-refractivity contribution in [2.45, 2.75) is 6.42 Å². The summed E-state index contributed by atoms with van der Waals surface area (Å²) in [4.78, 5) is 21.3. The molecule has 6 heteroatoms. The fraction of sp³-hybridized carbons (Fsp3) is 0.167. The van der Waals surface area contributed by atoms with E-state index in [1.54, 1.807) is 6.07 Å². The molecule has 1 aromatic carbocycles. The molecule has 4 N–H and O–H groups in total. The Morgan fingerprint density at radius 3 is 2.50 bits per heavy atom. The van der Waals surface area contributed by atoms with Crippen molar-refractivity contribution in [2.24, 2.45) is 0 Å². The lowest BCUT2D eigenvalue weighted by atomic mass is 10.1. The minimum Gasteiger partial charge on any atom is -0.504 e. The van der Waals surface area contributed by atoms with Crippen LogP contribution >= 0.6 is 0 Å². The molecule has 0 aromatic heterocycles. The molecule has 0 atom stereocenters. The normalized spacial score (nSPS) is 10.4. The number of carbonyl (C=O) groups excluding carboxylic acids is 1. The van der Waals surface area contributed by atoms with E-state index in [1.807, 2.05) is 0 Å². The van der Waals surface area contributed by atoms with Gasteiger partial charge in [0.1, 0.15) is 0 Å². The SMILES string of the molecule is O=C(O)C=CC(=O)NCCc1ccc(O)c(O)c1. The molecule has 0 saturated carbocycles. The van der Waals surface area contributed by atoms with Crippen molar-refractivity contribution in [3.05, 3.63) is 35.9 Å². The van der Waals surface area contributed by atoms with Gasteiger partial charge in [0.15, 0.2) is 11.5 Å². The number of aromatic hydroxyl groups is 2. The van der Waals surface area contributed by atoms with Crippen LogP contribution in [0.1, 0.15) is 5.56 Å². The van der Waals surface area contributed by atoms with Crippen molar-refractivity contribution < 1.29 is 24.9 Å². The highest BCUT2D eigenvalue weighted by molar-refractivity contribution is 5.93. The zero-order valence-corrected chi connectivity index (χ0v) is 9.46. The Bertz CT molecular complexity index is 481. The zero-order chi connectivity index (χ0) is 13.5. The van der Waals surface area contributed by atoms with Gasteiger partial charge in [-0.25, -0.2) is 4.79 Å². The average molecular weight is 251 g/mol. The first-order valence-electron chi connectivity index (χ1n) is 5.18. The lowest BCUT2D eigenvalue weighted by Gasteiger charge is -2.04. The van der Waals surface area contributed by atoms with Crippen molar-refractivity contribution in [3.8, 4) is 11.5 Å². The maximum Gasteiger partial charge on any atom is 0.328 e. The predicted molar refractivity (Wildman–Crippen MR) is 63.3 cm³/mol. The van der Waals surface area contributed by atoms with Crippen molar-refractivity contribution in [3.63, 3.8) is 0 Å². The standard InChI is InChI=1S/C12H13NO5/c14-9-2-1-8(7-10(9)15)5-6-13-11(16)3-4-12(17)18/h1-4,7,14-15H,5-6H2,(H,13,16)(H,17,18). The highest BCUT2D eigenvalue weighted by Crippen LogP contribution is 2.24. The lowest BCUT2D eigenvalue weighted by molar-refractivity contribution is -0.131. The Morgan fingerprint density at radius 1 is 1.17 bits per heavy atom. The van der Waals surface area contributed by atoms with E-state index in [4.69, 9.17) is 10.2 Å². The van der Waals surface area contributed by atoms with E-state index in [9.17, 15) is 14.7 Å². The Balaban J connectivity index is 2.39. The summed E-state index contributed by atoms with van der Waals surface area (Å²) in [6, 6.07) is 4.37. The van der Waals surface area contributed by atoms with Gasteiger partial charge in [-0.1, -0.05) is 6.07 Å². The monoisotopic (exact) mass is 251 g/mol. The molecular formula is C12H13NO5. The van der Waals surface area contributed by atoms with E-state index >= 15 is 0 Å². The molecular weight excluding hydrogens is 238 g/mol. The van der Waals surface area contributed by atoms with E-state index in [0.717, 1.165) is 17.7 Å². The predicted octanol–water partition coefficient (Wildman–Crippen LogP) is 0.397. The number of amides is 1. The van der Waals surface area contributed by atoms with E-state index in [0.29, 0.717) is 13.0 Å². The first kappa shape index (κ1) is 13.6. The number of hydrogen-bond acceptors (Lipinski definition) is 4. The van der Waals surface area contributed by atoms with Crippen LogP contribution in [0.25, 0.3) is 0 Å². The van der Waals surface area contributed by atoms with Crippen LogP contribution in [0.3, 0.4) is 0 Å². The van der Waals surface area contributed by atoms with Crippen LogP contribution in [0, 0.1) is 0 Å². The van der Waals surface area contributed by atoms with Gasteiger partial charge in [0.05, 0.1) is 0 Å². The van der Waals surface area contributed by atoms with Crippen molar-refractivity contribution in [1.29, 1.82) is 0 Å². The Morgan fingerprint density at radius 2 is 1.89 bits per heavy atom. The topological polar surface area (TPSA) is 107 Å². The van der Waals surface area contributed by atoms with Gasteiger partial charge < -0.3 is 20.6 Å². The third-order valence-electron chi connectivity index (χ3n) is 2.13. The van der Waals surface area contributed by atoms with E-state index < -0.39 is 11.9 Å². The molecule has 96 valence electrons. The zero-order valence-electron chi connectivity index (χ0n) is 9.46. The molecule has 0 unspecified atom stereocenters. The molecule has 6 nitrogen and oxygen atoms in total. The molecule has 0 aliphatic carbocycles. The molecule has 0 saturated heterocycles. The summed E-state index contributed by atoms with van der Waals surface area (Å²) in [5.41, 5.74) is 0.743. The maximum absolute atomic E-state index is 11.1. The van der Waals surface area contributed by atoms with Crippen molar-refractivity contribution in [1.82, 2.24) is 5.32 Å². The fourth-order valence-corrected chi connectivity index (χ4v) is 1.26. The molecule has 0 aliphatic rings. The summed E-state index contributed by atoms with van der Waals surface area (Å²) in [5.74, 6) is -2.11. The first-order chi connectivity index (χ1) is 8.49. The quantitative estimate of drug-likeness (QED) is 0.447. The molecule has 1 aromatic rings. The highest BCUT2D eigenvalue weighted by atomic mass is 16.4. The number of carboxylic acid groups (broad SMARTS) is 1. The van der Waals surface area contributed by atoms with Gasteiger partial charge in [-0.2, -0.15) is 0 Å². The molecule has 0 fully saturated rings. The van der Waals surface area contributed by atoms with E-state index in [-0.39, 0.29) is 11.5 Å². The number of phenolic OH excluding ortho intramolecular Hbond substituents is 2. The summed E-state index contributed by atoms with van der Waals surface area (Å²) < 4.78 is 0. The Hall–Kier alpha value is -2.50. The average Bonchev–Trinajstić information content (AvgIpc) is 2.31. The second-order valence-electron chi connectivity index (χ2n) is 3.54.